The van der Waals surface area contributed by atoms with Crippen molar-refractivity contribution in [3.8, 4) is 11.5 Å². The lowest BCUT2D eigenvalue weighted by Crippen LogP contribution is -2.21. The summed E-state index contributed by atoms with van der Waals surface area (Å²) in [4.78, 5) is 0. The molecule has 1 N–H and O–H groups in total. The Hall–Kier alpha value is -1.48. The van der Waals surface area contributed by atoms with Crippen molar-refractivity contribution in [2.24, 2.45) is 0 Å². The molecule has 0 aliphatic rings. The molecule has 0 aromatic heterocycles. The van der Waals surface area contributed by atoms with Crippen LogP contribution in [0.4, 0.5) is 0 Å². The molecule has 1 aromatic carbocycles. The van der Waals surface area contributed by atoms with Gasteiger partial charge in [-0.3, -0.25) is 0 Å². The second kappa shape index (κ2) is 7.85. The lowest BCUT2D eigenvalue weighted by atomic mass is 10.0. The van der Waals surface area contributed by atoms with Crippen molar-refractivity contribution in [3.05, 3.63) is 35.4 Å². The van der Waals surface area contributed by atoms with E-state index in [2.05, 4.69) is 32.2 Å². The third kappa shape index (κ3) is 4.60. The molecule has 0 aliphatic heterocycles. The maximum absolute atomic E-state index is 5.46. The van der Waals surface area contributed by atoms with Gasteiger partial charge in [0.25, 0.3) is 0 Å². The number of methoxy groups -OCH3 is 2. The van der Waals surface area contributed by atoms with E-state index >= 15 is 0 Å². The molecule has 106 valence electrons. The minimum absolute atomic E-state index is 0.148. The molecule has 0 saturated heterocycles. The van der Waals surface area contributed by atoms with Crippen molar-refractivity contribution in [3.63, 3.8) is 0 Å². The van der Waals surface area contributed by atoms with E-state index in [1.54, 1.807) is 14.2 Å². The summed E-state index contributed by atoms with van der Waals surface area (Å²) in [5.41, 5.74) is 2.38. The predicted molar refractivity (Wildman–Crippen MR) is 80.0 cm³/mol. The zero-order chi connectivity index (χ0) is 14.3. The van der Waals surface area contributed by atoms with Gasteiger partial charge in [-0.2, -0.15) is 0 Å². The third-order valence-electron chi connectivity index (χ3n) is 2.89. The van der Waals surface area contributed by atoms with Gasteiger partial charge in [0.1, 0.15) is 11.5 Å². The van der Waals surface area contributed by atoms with Crippen molar-refractivity contribution in [2.45, 2.75) is 33.2 Å². The molecule has 3 heteroatoms. The van der Waals surface area contributed by atoms with E-state index in [9.17, 15) is 0 Å². The van der Waals surface area contributed by atoms with Gasteiger partial charge in [-0.1, -0.05) is 18.6 Å². The Balaban J connectivity index is 3.14. The molecular formula is C16H25NO2. The van der Waals surface area contributed by atoms with Crippen molar-refractivity contribution in [1.29, 1.82) is 0 Å². The summed E-state index contributed by atoms with van der Waals surface area (Å²) in [5.74, 6) is 1.73. The van der Waals surface area contributed by atoms with E-state index in [1.165, 1.54) is 5.57 Å². The lowest BCUT2D eigenvalue weighted by molar-refractivity contribution is 0.394. The van der Waals surface area contributed by atoms with Crippen LogP contribution in [0.3, 0.4) is 0 Å². The second-order valence-corrected chi connectivity index (χ2v) is 4.78. The maximum atomic E-state index is 5.46. The van der Waals surface area contributed by atoms with Crippen LogP contribution in [0.25, 0.3) is 0 Å². The van der Waals surface area contributed by atoms with Crippen LogP contribution in [0, 0.1) is 0 Å². The molecule has 0 amide bonds. The number of allylic oxidation sites excluding steroid dienone is 1. The first-order valence-electron chi connectivity index (χ1n) is 6.72. The maximum Gasteiger partial charge on any atom is 0.124 e. The average molecular weight is 263 g/mol. The van der Waals surface area contributed by atoms with Crippen molar-refractivity contribution >= 4 is 0 Å². The molecule has 0 heterocycles. The minimum atomic E-state index is 0.148. The van der Waals surface area contributed by atoms with E-state index in [0.29, 0.717) is 0 Å². The van der Waals surface area contributed by atoms with Crippen molar-refractivity contribution < 1.29 is 9.47 Å². The van der Waals surface area contributed by atoms with Crippen LogP contribution >= 0.6 is 0 Å². The summed E-state index contributed by atoms with van der Waals surface area (Å²) < 4.78 is 10.8. The molecule has 0 aliphatic carbocycles. The van der Waals surface area contributed by atoms with Crippen LogP contribution < -0.4 is 14.8 Å². The van der Waals surface area contributed by atoms with Gasteiger partial charge in [-0.25, -0.2) is 0 Å². The first-order chi connectivity index (χ1) is 9.12. The first kappa shape index (κ1) is 15.6. The Bertz CT molecular complexity index is 423. The zero-order valence-corrected chi connectivity index (χ0v) is 12.6. The fourth-order valence-corrected chi connectivity index (χ4v) is 1.97. The van der Waals surface area contributed by atoms with Gasteiger partial charge in [0.2, 0.25) is 0 Å². The smallest absolute Gasteiger partial charge is 0.124 e. The summed E-state index contributed by atoms with van der Waals surface area (Å²) >= 11 is 0. The molecule has 1 aromatic rings. The minimum Gasteiger partial charge on any atom is -0.497 e. The average Bonchev–Trinajstić information content (AvgIpc) is 2.42. The predicted octanol–water partition coefficient (Wildman–Crippen LogP) is 3.71. The van der Waals surface area contributed by atoms with Gasteiger partial charge < -0.3 is 14.8 Å². The van der Waals surface area contributed by atoms with E-state index in [-0.39, 0.29) is 6.04 Å². The SMILES string of the molecule is CCCNC(C=C(C)C)c1cc(OC)ccc1OC. The zero-order valence-electron chi connectivity index (χ0n) is 12.6. The van der Waals surface area contributed by atoms with Crippen LogP contribution in [0.5, 0.6) is 11.5 Å². The molecule has 0 bridgehead atoms. The summed E-state index contributed by atoms with van der Waals surface area (Å²) in [6.45, 7) is 7.34. The normalized spacial score (nSPS) is 11.8. The molecule has 0 saturated carbocycles. The van der Waals surface area contributed by atoms with Crippen molar-refractivity contribution in [1.82, 2.24) is 5.32 Å². The highest BCUT2D eigenvalue weighted by atomic mass is 16.5. The van der Waals surface area contributed by atoms with Crippen LogP contribution in [0.2, 0.25) is 0 Å². The first-order valence-corrected chi connectivity index (χ1v) is 6.72. The fourth-order valence-electron chi connectivity index (χ4n) is 1.97. The third-order valence-corrected chi connectivity index (χ3v) is 2.89. The number of nitrogens with one attached hydrogen (secondary N) is 1. The molecule has 0 spiro atoms. The summed E-state index contributed by atoms with van der Waals surface area (Å²) in [5, 5.41) is 3.53. The molecule has 0 radical (unpaired) electrons. The number of benzene rings is 1. The Morgan fingerprint density at radius 3 is 2.53 bits per heavy atom. The van der Waals surface area contributed by atoms with Crippen LogP contribution in [0.15, 0.2) is 29.8 Å². The van der Waals surface area contributed by atoms with Crippen LogP contribution in [-0.4, -0.2) is 20.8 Å². The number of rotatable bonds is 7. The molecule has 0 fully saturated rings. The monoisotopic (exact) mass is 263 g/mol. The molecule has 3 nitrogen and oxygen atoms in total. The summed E-state index contributed by atoms with van der Waals surface area (Å²) in [6, 6.07) is 6.05. The lowest BCUT2D eigenvalue weighted by Gasteiger charge is -2.19. The Labute approximate surface area is 116 Å². The summed E-state index contributed by atoms with van der Waals surface area (Å²) in [6.07, 6.45) is 3.31. The molecule has 1 atom stereocenters. The van der Waals surface area contributed by atoms with E-state index in [1.807, 2.05) is 18.2 Å². The summed E-state index contributed by atoms with van der Waals surface area (Å²) in [7, 11) is 3.38. The highest BCUT2D eigenvalue weighted by Crippen LogP contribution is 2.30. The van der Waals surface area contributed by atoms with Gasteiger partial charge in [0.05, 0.1) is 20.3 Å². The molecular weight excluding hydrogens is 238 g/mol. The van der Waals surface area contributed by atoms with Gasteiger partial charge >= 0.3 is 0 Å². The Morgan fingerprint density at radius 2 is 2.00 bits per heavy atom. The highest BCUT2D eigenvalue weighted by Gasteiger charge is 2.14. The van der Waals surface area contributed by atoms with E-state index < -0.39 is 0 Å². The van der Waals surface area contributed by atoms with Gasteiger partial charge in [0.15, 0.2) is 0 Å². The largest absolute Gasteiger partial charge is 0.497 e. The van der Waals surface area contributed by atoms with E-state index in [0.717, 1.165) is 30.0 Å². The second-order valence-electron chi connectivity index (χ2n) is 4.78. The van der Waals surface area contributed by atoms with E-state index in [4.69, 9.17) is 9.47 Å². The van der Waals surface area contributed by atoms with Crippen LogP contribution in [-0.2, 0) is 0 Å². The fraction of sp³-hybridized carbons (Fsp3) is 0.500. The van der Waals surface area contributed by atoms with Gasteiger partial charge in [0, 0.05) is 5.56 Å². The Kier molecular flexibility index (Phi) is 6.43. The molecule has 1 rings (SSSR count). The topological polar surface area (TPSA) is 30.5 Å². The Morgan fingerprint density at radius 1 is 1.26 bits per heavy atom. The number of hydrogen-bond donors (Lipinski definition) is 1. The van der Waals surface area contributed by atoms with Gasteiger partial charge in [-0.15, -0.1) is 0 Å². The molecule has 1 unspecified atom stereocenters. The van der Waals surface area contributed by atoms with Gasteiger partial charge in [-0.05, 0) is 45.0 Å². The number of hydrogen-bond acceptors (Lipinski definition) is 3. The van der Waals surface area contributed by atoms with Crippen molar-refractivity contribution in [2.75, 3.05) is 20.8 Å². The van der Waals surface area contributed by atoms with Crippen LogP contribution in [0.1, 0.15) is 38.8 Å². The standard InChI is InChI=1S/C16H25NO2/c1-6-9-17-15(10-12(2)3)14-11-13(18-4)7-8-16(14)19-5/h7-8,10-11,15,17H,6,9H2,1-5H3. The highest BCUT2D eigenvalue weighted by molar-refractivity contribution is 5.44. The number of ether oxygens (including phenoxy) is 2. The quantitative estimate of drug-likeness (QED) is 0.761. The molecule has 19 heavy (non-hydrogen) atoms.